The van der Waals surface area contributed by atoms with Crippen molar-refractivity contribution in [3.63, 3.8) is 0 Å². The molecular formula is C11H18Cl4N2. The fourth-order valence-corrected chi connectivity index (χ4v) is 1.59. The first-order valence-electron chi connectivity index (χ1n) is 5.03. The minimum absolute atomic E-state index is 0. The van der Waals surface area contributed by atoms with Crippen LogP contribution in [-0.4, -0.2) is 20.1 Å². The van der Waals surface area contributed by atoms with Crippen LogP contribution in [0.1, 0.15) is 12.0 Å². The summed E-state index contributed by atoms with van der Waals surface area (Å²) in [5.74, 6) is 0. The molecular weight excluding hydrogens is 302 g/mol. The minimum atomic E-state index is 0. The number of hydrogen-bond acceptors (Lipinski definition) is 2. The zero-order valence-corrected chi connectivity index (χ0v) is 12.8. The van der Waals surface area contributed by atoms with Gasteiger partial charge < -0.3 is 10.6 Å². The maximum Gasteiger partial charge on any atom is 0.0595 e. The highest BCUT2D eigenvalue weighted by Gasteiger charge is 1.98. The van der Waals surface area contributed by atoms with Crippen molar-refractivity contribution in [2.24, 2.45) is 0 Å². The summed E-state index contributed by atoms with van der Waals surface area (Å²) >= 11 is 11.7. The van der Waals surface area contributed by atoms with Crippen LogP contribution in [-0.2, 0) is 6.54 Å². The molecule has 2 N–H and O–H groups in total. The summed E-state index contributed by atoms with van der Waals surface area (Å²) in [6.45, 7) is 2.87. The van der Waals surface area contributed by atoms with Crippen LogP contribution in [0.5, 0.6) is 0 Å². The highest BCUT2D eigenvalue weighted by molar-refractivity contribution is 6.42. The molecule has 100 valence electrons. The molecule has 0 aliphatic rings. The highest BCUT2D eigenvalue weighted by atomic mass is 35.5. The Morgan fingerprint density at radius 1 is 1.06 bits per heavy atom. The molecule has 0 amide bonds. The van der Waals surface area contributed by atoms with Gasteiger partial charge in [-0.25, -0.2) is 0 Å². The first kappa shape index (κ1) is 19.6. The first-order valence-corrected chi connectivity index (χ1v) is 5.79. The monoisotopic (exact) mass is 318 g/mol. The second kappa shape index (κ2) is 11.4. The van der Waals surface area contributed by atoms with Gasteiger partial charge in [0.2, 0.25) is 0 Å². The van der Waals surface area contributed by atoms with Crippen LogP contribution < -0.4 is 10.6 Å². The van der Waals surface area contributed by atoms with Crippen molar-refractivity contribution in [3.8, 4) is 0 Å². The molecule has 1 rings (SSSR count). The maximum absolute atomic E-state index is 5.91. The highest BCUT2D eigenvalue weighted by Crippen LogP contribution is 2.22. The number of rotatable bonds is 6. The van der Waals surface area contributed by atoms with Gasteiger partial charge in [-0.3, -0.25) is 0 Å². The lowest BCUT2D eigenvalue weighted by atomic mass is 10.2. The van der Waals surface area contributed by atoms with Crippen molar-refractivity contribution in [2.45, 2.75) is 13.0 Å². The molecule has 0 saturated carbocycles. The fraction of sp³-hybridized carbons (Fsp3) is 0.455. The normalized spacial score (nSPS) is 9.35. The molecule has 0 aromatic heterocycles. The Bertz CT molecular complexity index is 308. The van der Waals surface area contributed by atoms with Crippen LogP contribution >= 0.6 is 48.0 Å². The second-order valence-electron chi connectivity index (χ2n) is 3.38. The van der Waals surface area contributed by atoms with Crippen molar-refractivity contribution < 1.29 is 0 Å². The third-order valence-corrected chi connectivity index (χ3v) is 2.83. The summed E-state index contributed by atoms with van der Waals surface area (Å²) in [6, 6.07) is 5.71. The lowest BCUT2D eigenvalue weighted by Gasteiger charge is -2.05. The van der Waals surface area contributed by atoms with E-state index >= 15 is 0 Å². The van der Waals surface area contributed by atoms with Crippen LogP contribution in [0.3, 0.4) is 0 Å². The number of nitrogens with one attached hydrogen (secondary N) is 2. The van der Waals surface area contributed by atoms with Gasteiger partial charge in [-0.2, -0.15) is 0 Å². The smallest absolute Gasteiger partial charge is 0.0595 e. The molecule has 0 saturated heterocycles. The lowest BCUT2D eigenvalue weighted by molar-refractivity contribution is 0.625. The van der Waals surface area contributed by atoms with Crippen LogP contribution in [0.4, 0.5) is 0 Å². The lowest BCUT2D eigenvalue weighted by Crippen LogP contribution is -2.19. The Kier molecular flexibility index (Phi) is 13.2. The van der Waals surface area contributed by atoms with E-state index in [9.17, 15) is 0 Å². The third-order valence-electron chi connectivity index (χ3n) is 2.09. The summed E-state index contributed by atoms with van der Waals surface area (Å²) in [5.41, 5.74) is 1.16. The van der Waals surface area contributed by atoms with E-state index in [2.05, 4.69) is 10.6 Å². The Labute approximate surface area is 125 Å². The molecule has 6 heteroatoms. The van der Waals surface area contributed by atoms with E-state index < -0.39 is 0 Å². The Hall–Kier alpha value is 0.300. The molecule has 0 aliphatic carbocycles. The van der Waals surface area contributed by atoms with Gasteiger partial charge in [-0.15, -0.1) is 24.8 Å². The van der Waals surface area contributed by atoms with Crippen molar-refractivity contribution in [1.29, 1.82) is 0 Å². The topological polar surface area (TPSA) is 24.1 Å². The third kappa shape index (κ3) is 8.09. The van der Waals surface area contributed by atoms with Gasteiger partial charge in [0, 0.05) is 6.54 Å². The van der Waals surface area contributed by atoms with Gasteiger partial charge in [-0.05, 0) is 44.3 Å². The van der Waals surface area contributed by atoms with Gasteiger partial charge in [-0.1, -0.05) is 29.3 Å². The minimum Gasteiger partial charge on any atom is -0.320 e. The number of benzene rings is 1. The second-order valence-corrected chi connectivity index (χ2v) is 4.20. The summed E-state index contributed by atoms with van der Waals surface area (Å²) < 4.78 is 0. The van der Waals surface area contributed by atoms with Gasteiger partial charge in [0.15, 0.2) is 0 Å². The van der Waals surface area contributed by atoms with Gasteiger partial charge in [0.25, 0.3) is 0 Å². The molecule has 0 atom stereocenters. The molecule has 17 heavy (non-hydrogen) atoms. The standard InChI is InChI=1S/C11H16Cl2N2.2ClH/c1-14-5-2-6-15-8-9-3-4-10(12)11(13)7-9;;/h3-4,7,14-15H,2,5-6,8H2,1H3;2*1H. The van der Waals surface area contributed by atoms with Crippen molar-refractivity contribution in [3.05, 3.63) is 33.8 Å². The molecule has 0 aliphatic heterocycles. The largest absolute Gasteiger partial charge is 0.320 e. The molecule has 1 aromatic rings. The maximum atomic E-state index is 5.91. The van der Waals surface area contributed by atoms with E-state index in [1.165, 1.54) is 0 Å². The predicted octanol–water partition coefficient (Wildman–Crippen LogP) is 3.54. The van der Waals surface area contributed by atoms with Gasteiger partial charge in [0.05, 0.1) is 10.0 Å². The molecule has 0 unspecified atom stereocenters. The molecule has 0 fully saturated rings. The zero-order chi connectivity index (χ0) is 11.1. The molecule has 0 radical (unpaired) electrons. The van der Waals surface area contributed by atoms with E-state index in [4.69, 9.17) is 23.2 Å². The Morgan fingerprint density at radius 2 is 1.76 bits per heavy atom. The molecule has 2 nitrogen and oxygen atoms in total. The van der Waals surface area contributed by atoms with E-state index in [0.29, 0.717) is 10.0 Å². The number of hydrogen-bond donors (Lipinski definition) is 2. The van der Waals surface area contributed by atoms with Gasteiger partial charge >= 0.3 is 0 Å². The van der Waals surface area contributed by atoms with Crippen LogP contribution in [0.2, 0.25) is 10.0 Å². The average Bonchev–Trinajstić information content (AvgIpc) is 2.23. The van der Waals surface area contributed by atoms with Crippen LogP contribution in [0, 0.1) is 0 Å². The summed E-state index contributed by atoms with van der Waals surface area (Å²) in [4.78, 5) is 0. The van der Waals surface area contributed by atoms with E-state index in [0.717, 1.165) is 31.6 Å². The van der Waals surface area contributed by atoms with Crippen LogP contribution in [0.25, 0.3) is 0 Å². The van der Waals surface area contributed by atoms with E-state index in [1.807, 2.05) is 25.2 Å². The fourth-order valence-electron chi connectivity index (χ4n) is 1.27. The SMILES string of the molecule is CNCCCNCc1ccc(Cl)c(Cl)c1.Cl.Cl. The first-order chi connectivity index (χ1) is 7.24. The summed E-state index contributed by atoms with van der Waals surface area (Å²) in [6.07, 6.45) is 1.12. The van der Waals surface area contributed by atoms with E-state index in [1.54, 1.807) is 0 Å². The van der Waals surface area contributed by atoms with E-state index in [-0.39, 0.29) is 24.8 Å². The molecule has 0 heterocycles. The predicted molar refractivity (Wildman–Crippen MR) is 81.2 cm³/mol. The molecule has 0 bridgehead atoms. The molecule has 1 aromatic carbocycles. The Balaban J connectivity index is 0. The summed E-state index contributed by atoms with van der Waals surface area (Å²) in [7, 11) is 1.96. The van der Waals surface area contributed by atoms with Crippen molar-refractivity contribution in [1.82, 2.24) is 10.6 Å². The zero-order valence-electron chi connectivity index (χ0n) is 9.63. The molecule has 0 spiro atoms. The summed E-state index contributed by atoms with van der Waals surface area (Å²) in [5, 5.41) is 7.67. The van der Waals surface area contributed by atoms with Crippen molar-refractivity contribution in [2.75, 3.05) is 20.1 Å². The average molecular weight is 320 g/mol. The van der Waals surface area contributed by atoms with Gasteiger partial charge in [0.1, 0.15) is 0 Å². The Morgan fingerprint density at radius 3 is 2.35 bits per heavy atom. The van der Waals surface area contributed by atoms with Crippen LogP contribution in [0.15, 0.2) is 18.2 Å². The van der Waals surface area contributed by atoms with Crippen molar-refractivity contribution >= 4 is 48.0 Å². The quantitative estimate of drug-likeness (QED) is 0.784. The number of halogens is 4.